The van der Waals surface area contributed by atoms with Crippen LogP contribution in [0.2, 0.25) is 0 Å². The molecule has 0 atom stereocenters. The van der Waals surface area contributed by atoms with E-state index < -0.39 is 5.60 Å². The monoisotopic (exact) mass is 342 g/mol. The topological polar surface area (TPSA) is 49.9 Å². The van der Waals surface area contributed by atoms with Crippen LogP contribution in [0.4, 0.5) is 4.79 Å². The van der Waals surface area contributed by atoms with Crippen LogP contribution in [-0.2, 0) is 9.53 Å². The van der Waals surface area contributed by atoms with Gasteiger partial charge in [0.05, 0.1) is 5.75 Å². The molecule has 5 nitrogen and oxygen atoms in total. The number of hydrogen-bond acceptors (Lipinski definition) is 4. The number of hydrogen-bond donors (Lipinski definition) is 0. The Labute approximate surface area is 144 Å². The maximum absolute atomic E-state index is 12.3. The van der Waals surface area contributed by atoms with Gasteiger partial charge in [-0.05, 0) is 33.6 Å². The normalized spacial score (nSPS) is 20.5. The molecule has 0 N–H and O–H groups in total. The van der Waals surface area contributed by atoms with Crippen molar-refractivity contribution in [2.45, 2.75) is 63.7 Å². The summed E-state index contributed by atoms with van der Waals surface area (Å²) in [6.45, 7) is 7.96. The lowest BCUT2D eigenvalue weighted by atomic mass is 10.0. The molecule has 1 aliphatic carbocycles. The molecular formula is C17H30N2O3S. The van der Waals surface area contributed by atoms with Crippen LogP contribution in [0, 0.1) is 0 Å². The van der Waals surface area contributed by atoms with E-state index in [-0.39, 0.29) is 12.0 Å². The highest BCUT2D eigenvalue weighted by molar-refractivity contribution is 8.00. The summed E-state index contributed by atoms with van der Waals surface area (Å²) in [5.74, 6) is 0.793. The minimum Gasteiger partial charge on any atom is -0.444 e. The van der Waals surface area contributed by atoms with Crippen LogP contribution in [0.3, 0.4) is 0 Å². The van der Waals surface area contributed by atoms with E-state index in [2.05, 4.69) is 0 Å². The number of amides is 2. The van der Waals surface area contributed by atoms with Crippen LogP contribution in [0.15, 0.2) is 0 Å². The first-order valence-electron chi connectivity index (χ1n) is 8.72. The molecule has 0 spiro atoms. The van der Waals surface area contributed by atoms with Crippen LogP contribution in [0.5, 0.6) is 0 Å². The van der Waals surface area contributed by atoms with E-state index in [0.29, 0.717) is 37.2 Å². The maximum atomic E-state index is 12.3. The molecule has 1 saturated carbocycles. The highest BCUT2D eigenvalue weighted by atomic mass is 32.2. The number of carbonyl (C=O) groups excluding carboxylic acids is 2. The minimum atomic E-state index is -0.472. The Bertz CT molecular complexity index is 409. The third-order valence-corrected chi connectivity index (χ3v) is 5.64. The van der Waals surface area contributed by atoms with Crippen molar-refractivity contribution < 1.29 is 14.3 Å². The second kappa shape index (κ2) is 8.27. The van der Waals surface area contributed by atoms with Gasteiger partial charge in [-0.1, -0.05) is 19.3 Å². The standard InChI is InChI=1S/C17H30N2O3S/c1-17(2,3)22-16(21)19-11-9-18(10-12-19)15(20)13-23-14-7-5-4-6-8-14/h14H,4-13H2,1-3H3. The van der Waals surface area contributed by atoms with Gasteiger partial charge in [0.25, 0.3) is 0 Å². The van der Waals surface area contributed by atoms with Gasteiger partial charge in [0, 0.05) is 31.4 Å². The third kappa shape index (κ3) is 6.24. The molecule has 2 amide bonds. The van der Waals surface area contributed by atoms with Crippen molar-refractivity contribution in [3.63, 3.8) is 0 Å². The maximum Gasteiger partial charge on any atom is 0.410 e. The van der Waals surface area contributed by atoms with Crippen LogP contribution in [0.25, 0.3) is 0 Å². The van der Waals surface area contributed by atoms with E-state index in [1.807, 2.05) is 37.4 Å². The quantitative estimate of drug-likeness (QED) is 0.791. The number of ether oxygens (including phenoxy) is 1. The lowest BCUT2D eigenvalue weighted by molar-refractivity contribution is -0.130. The van der Waals surface area contributed by atoms with Gasteiger partial charge in [-0.15, -0.1) is 11.8 Å². The Hall–Kier alpha value is -0.910. The molecule has 0 aromatic rings. The summed E-state index contributed by atoms with van der Waals surface area (Å²) in [6.07, 6.45) is 6.19. The number of carbonyl (C=O) groups is 2. The van der Waals surface area contributed by atoms with E-state index in [9.17, 15) is 9.59 Å². The molecule has 6 heteroatoms. The Kier molecular flexibility index (Phi) is 6.62. The van der Waals surface area contributed by atoms with Crippen molar-refractivity contribution in [3.05, 3.63) is 0 Å². The van der Waals surface area contributed by atoms with Crippen LogP contribution >= 0.6 is 11.8 Å². The fourth-order valence-electron chi connectivity index (χ4n) is 2.98. The SMILES string of the molecule is CC(C)(C)OC(=O)N1CCN(C(=O)CSC2CCCCC2)CC1. The zero-order chi connectivity index (χ0) is 16.9. The summed E-state index contributed by atoms with van der Waals surface area (Å²) >= 11 is 1.82. The molecule has 0 radical (unpaired) electrons. The summed E-state index contributed by atoms with van der Waals surface area (Å²) in [6, 6.07) is 0. The summed E-state index contributed by atoms with van der Waals surface area (Å²) in [4.78, 5) is 27.9. The van der Waals surface area contributed by atoms with Crippen molar-refractivity contribution in [2.75, 3.05) is 31.9 Å². The molecular weight excluding hydrogens is 312 g/mol. The summed E-state index contributed by atoms with van der Waals surface area (Å²) < 4.78 is 5.38. The molecule has 0 bridgehead atoms. The van der Waals surface area contributed by atoms with Gasteiger partial charge >= 0.3 is 6.09 Å². The first-order chi connectivity index (χ1) is 10.8. The van der Waals surface area contributed by atoms with Crippen molar-refractivity contribution in [1.82, 2.24) is 9.80 Å². The molecule has 2 aliphatic rings. The van der Waals surface area contributed by atoms with Gasteiger partial charge in [0.15, 0.2) is 0 Å². The second-order valence-corrected chi connectivity index (χ2v) is 8.71. The number of piperazine rings is 1. The molecule has 132 valence electrons. The molecule has 0 aromatic heterocycles. The molecule has 1 aliphatic heterocycles. The van der Waals surface area contributed by atoms with Crippen molar-refractivity contribution in [3.8, 4) is 0 Å². The van der Waals surface area contributed by atoms with E-state index in [4.69, 9.17) is 4.74 Å². The summed E-state index contributed by atoms with van der Waals surface area (Å²) in [5, 5.41) is 0.663. The average Bonchev–Trinajstić information content (AvgIpc) is 2.52. The largest absolute Gasteiger partial charge is 0.444 e. The predicted molar refractivity (Wildman–Crippen MR) is 93.7 cm³/mol. The molecule has 1 saturated heterocycles. The smallest absolute Gasteiger partial charge is 0.410 e. The molecule has 2 fully saturated rings. The molecule has 23 heavy (non-hydrogen) atoms. The van der Waals surface area contributed by atoms with Gasteiger partial charge < -0.3 is 14.5 Å². The first-order valence-corrected chi connectivity index (χ1v) is 9.77. The third-order valence-electron chi connectivity index (χ3n) is 4.28. The lowest BCUT2D eigenvalue weighted by Gasteiger charge is -2.35. The lowest BCUT2D eigenvalue weighted by Crippen LogP contribution is -2.52. The molecule has 2 rings (SSSR count). The van der Waals surface area contributed by atoms with Crippen LogP contribution in [-0.4, -0.2) is 64.6 Å². The highest BCUT2D eigenvalue weighted by Crippen LogP contribution is 2.28. The van der Waals surface area contributed by atoms with E-state index in [0.717, 1.165) is 0 Å². The van der Waals surface area contributed by atoms with Gasteiger partial charge in [-0.3, -0.25) is 4.79 Å². The van der Waals surface area contributed by atoms with E-state index >= 15 is 0 Å². The molecule has 0 unspecified atom stereocenters. The Balaban J connectivity index is 1.69. The molecule has 0 aromatic carbocycles. The van der Waals surface area contributed by atoms with Crippen molar-refractivity contribution >= 4 is 23.8 Å². The van der Waals surface area contributed by atoms with Gasteiger partial charge in [-0.2, -0.15) is 0 Å². The second-order valence-electron chi connectivity index (χ2n) is 7.42. The van der Waals surface area contributed by atoms with Gasteiger partial charge in [0.2, 0.25) is 5.91 Å². The Morgan fingerprint density at radius 3 is 2.13 bits per heavy atom. The van der Waals surface area contributed by atoms with Crippen molar-refractivity contribution in [1.29, 1.82) is 0 Å². The fourth-order valence-corrected chi connectivity index (χ4v) is 4.20. The van der Waals surface area contributed by atoms with Crippen LogP contribution < -0.4 is 0 Å². The fraction of sp³-hybridized carbons (Fsp3) is 0.882. The number of rotatable bonds is 3. The molecule has 1 heterocycles. The zero-order valence-electron chi connectivity index (χ0n) is 14.7. The van der Waals surface area contributed by atoms with Crippen molar-refractivity contribution in [2.24, 2.45) is 0 Å². The average molecular weight is 343 g/mol. The highest BCUT2D eigenvalue weighted by Gasteiger charge is 2.28. The van der Waals surface area contributed by atoms with E-state index in [1.165, 1.54) is 32.1 Å². The van der Waals surface area contributed by atoms with Gasteiger partial charge in [0.1, 0.15) is 5.60 Å². The van der Waals surface area contributed by atoms with Crippen LogP contribution in [0.1, 0.15) is 52.9 Å². The zero-order valence-corrected chi connectivity index (χ0v) is 15.5. The Morgan fingerprint density at radius 1 is 1.00 bits per heavy atom. The van der Waals surface area contributed by atoms with E-state index in [1.54, 1.807) is 4.90 Å². The first kappa shape index (κ1) is 18.4. The Morgan fingerprint density at radius 2 is 1.57 bits per heavy atom. The summed E-state index contributed by atoms with van der Waals surface area (Å²) in [5.41, 5.74) is -0.472. The predicted octanol–water partition coefficient (Wildman–Crippen LogP) is 3.13. The van der Waals surface area contributed by atoms with Gasteiger partial charge in [-0.25, -0.2) is 4.79 Å². The number of thioether (sulfide) groups is 1. The number of nitrogens with zero attached hydrogens (tertiary/aromatic N) is 2. The summed E-state index contributed by atoms with van der Waals surface area (Å²) in [7, 11) is 0. The minimum absolute atomic E-state index is 0.212.